The van der Waals surface area contributed by atoms with Crippen LogP contribution in [0.15, 0.2) is 21.5 Å². The summed E-state index contributed by atoms with van der Waals surface area (Å²) < 4.78 is 5.56. The highest BCUT2D eigenvalue weighted by atomic mass is 127. The smallest absolute Gasteiger partial charge is 0.191 e. The zero-order valence-corrected chi connectivity index (χ0v) is 20.3. The van der Waals surface area contributed by atoms with Gasteiger partial charge in [-0.3, -0.25) is 0 Å². The number of furan rings is 1. The lowest BCUT2D eigenvalue weighted by Gasteiger charge is -2.33. The van der Waals surface area contributed by atoms with Gasteiger partial charge in [0.25, 0.3) is 0 Å². The van der Waals surface area contributed by atoms with Crippen molar-refractivity contribution in [2.75, 3.05) is 32.7 Å². The fourth-order valence-corrected chi connectivity index (χ4v) is 3.51. The summed E-state index contributed by atoms with van der Waals surface area (Å²) in [4.78, 5) is 7.16. The van der Waals surface area contributed by atoms with E-state index >= 15 is 0 Å². The number of aliphatic hydroxyl groups is 1. The summed E-state index contributed by atoms with van der Waals surface area (Å²) in [6.45, 7) is 12.4. The molecule has 1 aromatic heterocycles. The van der Waals surface area contributed by atoms with Crippen molar-refractivity contribution in [2.24, 2.45) is 4.99 Å². The van der Waals surface area contributed by atoms with E-state index in [1.54, 1.807) is 6.92 Å². The maximum atomic E-state index is 10.6. The van der Waals surface area contributed by atoms with Crippen LogP contribution in [0.1, 0.15) is 64.4 Å². The van der Waals surface area contributed by atoms with Gasteiger partial charge in [-0.05, 0) is 78.6 Å². The first-order valence-corrected chi connectivity index (χ1v) is 10.5. The summed E-state index contributed by atoms with van der Waals surface area (Å²) in [5.41, 5.74) is -1.11. The molecule has 1 aliphatic rings. The summed E-state index contributed by atoms with van der Waals surface area (Å²) >= 11 is 0. The molecule has 0 bridgehead atoms. The molecule has 7 heteroatoms. The minimum atomic E-state index is -1.11. The maximum absolute atomic E-state index is 10.6. The van der Waals surface area contributed by atoms with E-state index in [2.05, 4.69) is 27.4 Å². The maximum Gasteiger partial charge on any atom is 0.191 e. The van der Waals surface area contributed by atoms with E-state index in [9.17, 15) is 5.11 Å². The average Bonchev–Trinajstić information content (AvgIpc) is 3.08. The van der Waals surface area contributed by atoms with Gasteiger partial charge in [0, 0.05) is 19.1 Å². The monoisotopic (exact) mass is 506 g/mol. The molecule has 1 aliphatic heterocycles. The van der Waals surface area contributed by atoms with Crippen LogP contribution in [0.2, 0.25) is 0 Å². The molecule has 0 aliphatic carbocycles. The van der Waals surface area contributed by atoms with Gasteiger partial charge >= 0.3 is 0 Å². The Hall–Kier alpha value is -0.800. The Morgan fingerprint density at radius 2 is 2.11 bits per heavy atom. The molecular weight excluding hydrogens is 467 g/mol. The van der Waals surface area contributed by atoms with E-state index in [1.807, 2.05) is 26.0 Å². The van der Waals surface area contributed by atoms with Crippen LogP contribution >= 0.6 is 24.0 Å². The van der Waals surface area contributed by atoms with Gasteiger partial charge in [-0.15, -0.1) is 24.0 Å². The zero-order chi connectivity index (χ0) is 19.7. The van der Waals surface area contributed by atoms with Gasteiger partial charge in [-0.1, -0.05) is 6.42 Å². The SMILES string of the molecule is CCNC(=NCC(C)(O)c1ccc(C)o1)NCCCCN1CCCCC1C.I. The fraction of sp³-hybridized carbons (Fsp3) is 0.762. The fourth-order valence-electron chi connectivity index (χ4n) is 3.51. The first-order chi connectivity index (χ1) is 12.9. The lowest BCUT2D eigenvalue weighted by Crippen LogP contribution is -2.40. The Labute approximate surface area is 187 Å². The summed E-state index contributed by atoms with van der Waals surface area (Å²) in [6, 6.07) is 4.41. The quantitative estimate of drug-likeness (QED) is 0.207. The van der Waals surface area contributed by atoms with Crippen LogP contribution in [0.3, 0.4) is 0 Å². The lowest BCUT2D eigenvalue weighted by atomic mass is 10.0. The summed E-state index contributed by atoms with van der Waals surface area (Å²) in [6.07, 6.45) is 6.37. The third-order valence-electron chi connectivity index (χ3n) is 5.27. The van der Waals surface area contributed by atoms with E-state index in [0.717, 1.165) is 37.3 Å². The van der Waals surface area contributed by atoms with E-state index in [1.165, 1.54) is 38.8 Å². The van der Waals surface area contributed by atoms with Crippen molar-refractivity contribution in [3.63, 3.8) is 0 Å². The molecule has 3 N–H and O–H groups in total. The summed E-state index contributed by atoms with van der Waals surface area (Å²) in [7, 11) is 0. The second kappa shape index (κ2) is 12.7. The lowest BCUT2D eigenvalue weighted by molar-refractivity contribution is 0.0428. The molecule has 1 saturated heterocycles. The van der Waals surface area contributed by atoms with Crippen molar-refractivity contribution >= 4 is 29.9 Å². The Kier molecular flexibility index (Phi) is 11.4. The zero-order valence-electron chi connectivity index (χ0n) is 18.0. The number of aryl methyl sites for hydroxylation is 1. The highest BCUT2D eigenvalue weighted by molar-refractivity contribution is 14.0. The van der Waals surface area contributed by atoms with Gasteiger partial charge in [0.05, 0.1) is 6.54 Å². The van der Waals surface area contributed by atoms with Crippen LogP contribution in [0.5, 0.6) is 0 Å². The van der Waals surface area contributed by atoms with Crippen molar-refractivity contribution in [3.05, 3.63) is 23.7 Å². The van der Waals surface area contributed by atoms with E-state index in [0.29, 0.717) is 5.76 Å². The topological polar surface area (TPSA) is 73.0 Å². The number of likely N-dealkylation sites (tertiary alicyclic amines) is 1. The number of rotatable bonds is 9. The molecule has 0 aromatic carbocycles. The molecule has 6 nitrogen and oxygen atoms in total. The van der Waals surface area contributed by atoms with Gasteiger partial charge in [-0.25, -0.2) is 4.99 Å². The normalized spacial score (nSPS) is 20.3. The average molecular weight is 506 g/mol. The van der Waals surface area contributed by atoms with Crippen molar-refractivity contribution in [2.45, 2.75) is 71.4 Å². The van der Waals surface area contributed by atoms with Crippen LogP contribution < -0.4 is 10.6 Å². The molecule has 1 fully saturated rings. The molecule has 0 amide bonds. The highest BCUT2D eigenvalue weighted by Crippen LogP contribution is 2.23. The van der Waals surface area contributed by atoms with Crippen molar-refractivity contribution in [3.8, 4) is 0 Å². The number of piperidine rings is 1. The molecule has 2 heterocycles. The standard InChI is InChI=1S/C21H38N4O2.HI/c1-5-22-20(24-16-21(4,26)19-12-11-18(3)27-19)23-13-7-9-15-25-14-8-6-10-17(25)2;/h11-12,17,26H,5-10,13-16H2,1-4H3,(H2,22,23,24);1H. The van der Waals surface area contributed by atoms with Gasteiger partial charge < -0.3 is 25.1 Å². The molecule has 0 radical (unpaired) electrons. The van der Waals surface area contributed by atoms with Gasteiger partial charge in [0.2, 0.25) is 0 Å². The van der Waals surface area contributed by atoms with Crippen LogP contribution in [0, 0.1) is 6.92 Å². The first-order valence-electron chi connectivity index (χ1n) is 10.5. The van der Waals surface area contributed by atoms with Crippen molar-refractivity contribution < 1.29 is 9.52 Å². The number of nitrogens with zero attached hydrogens (tertiary/aromatic N) is 2. The summed E-state index contributed by atoms with van der Waals surface area (Å²) in [5, 5.41) is 17.3. The van der Waals surface area contributed by atoms with Crippen LogP contribution in [-0.4, -0.2) is 54.7 Å². The molecule has 0 saturated carbocycles. The number of aliphatic imine (C=N–C) groups is 1. The van der Waals surface area contributed by atoms with Gasteiger partial charge in [0.15, 0.2) is 5.96 Å². The van der Waals surface area contributed by atoms with Gasteiger partial charge in [0.1, 0.15) is 17.1 Å². The molecule has 28 heavy (non-hydrogen) atoms. The number of nitrogens with one attached hydrogen (secondary N) is 2. The Bertz CT molecular complexity index is 589. The molecule has 2 unspecified atom stereocenters. The van der Waals surface area contributed by atoms with Crippen LogP contribution in [0.25, 0.3) is 0 Å². The largest absolute Gasteiger partial charge is 0.463 e. The van der Waals surface area contributed by atoms with Crippen LogP contribution in [-0.2, 0) is 5.60 Å². The van der Waals surface area contributed by atoms with E-state index in [-0.39, 0.29) is 30.5 Å². The number of halogens is 1. The van der Waals surface area contributed by atoms with Gasteiger partial charge in [-0.2, -0.15) is 0 Å². The number of unbranched alkanes of at least 4 members (excludes halogenated alkanes) is 1. The van der Waals surface area contributed by atoms with E-state index < -0.39 is 5.60 Å². The highest BCUT2D eigenvalue weighted by Gasteiger charge is 2.26. The predicted octanol–water partition coefficient (Wildman–Crippen LogP) is 3.62. The number of hydrogen-bond donors (Lipinski definition) is 3. The van der Waals surface area contributed by atoms with E-state index in [4.69, 9.17) is 4.42 Å². The second-order valence-electron chi connectivity index (χ2n) is 7.89. The predicted molar refractivity (Wildman–Crippen MR) is 127 cm³/mol. The molecule has 2 atom stereocenters. The Balaban J connectivity index is 0.00000392. The van der Waals surface area contributed by atoms with Crippen LogP contribution in [0.4, 0.5) is 0 Å². The number of guanidine groups is 1. The molecule has 2 rings (SSSR count). The summed E-state index contributed by atoms with van der Waals surface area (Å²) in [5.74, 6) is 2.09. The Morgan fingerprint density at radius 3 is 2.75 bits per heavy atom. The van der Waals surface area contributed by atoms with Crippen molar-refractivity contribution in [1.82, 2.24) is 15.5 Å². The third-order valence-corrected chi connectivity index (χ3v) is 5.27. The number of hydrogen-bond acceptors (Lipinski definition) is 4. The Morgan fingerprint density at radius 1 is 1.32 bits per heavy atom. The molecule has 0 spiro atoms. The minimum absolute atomic E-state index is 0. The molecule has 162 valence electrons. The first kappa shape index (κ1) is 25.2. The second-order valence-corrected chi connectivity index (χ2v) is 7.89. The minimum Gasteiger partial charge on any atom is -0.463 e. The van der Waals surface area contributed by atoms with Crippen molar-refractivity contribution in [1.29, 1.82) is 0 Å². The molecule has 1 aromatic rings. The molecular formula is C21H39IN4O2. The third kappa shape index (κ3) is 8.29.